The molecule has 0 spiro atoms. The van der Waals surface area contributed by atoms with Crippen LogP contribution in [0.1, 0.15) is 28.9 Å². The Kier molecular flexibility index (Phi) is 5.34. The van der Waals surface area contributed by atoms with Crippen molar-refractivity contribution >= 4 is 5.91 Å². The van der Waals surface area contributed by atoms with Gasteiger partial charge >= 0.3 is 0 Å². The van der Waals surface area contributed by atoms with Crippen molar-refractivity contribution in [2.24, 2.45) is 0 Å². The maximum atomic E-state index is 12.5. The molecule has 1 aliphatic heterocycles. The van der Waals surface area contributed by atoms with Gasteiger partial charge in [-0.3, -0.25) is 14.8 Å². The van der Waals surface area contributed by atoms with Gasteiger partial charge in [0, 0.05) is 18.7 Å². The van der Waals surface area contributed by atoms with Gasteiger partial charge in [0.15, 0.2) is 5.82 Å². The van der Waals surface area contributed by atoms with Crippen LogP contribution in [0.5, 0.6) is 5.75 Å². The number of carbonyl (C=O) groups is 1. The predicted octanol–water partition coefficient (Wildman–Crippen LogP) is 2.37. The number of aryl methyl sites for hydroxylation is 1. The molecule has 2 heterocycles. The van der Waals surface area contributed by atoms with Gasteiger partial charge in [-0.2, -0.15) is 5.10 Å². The molecule has 7 nitrogen and oxygen atoms in total. The van der Waals surface area contributed by atoms with Crippen LogP contribution in [-0.4, -0.2) is 39.1 Å². The minimum Gasteiger partial charge on any atom is -0.484 e. The number of aromatic amines is 1. The number of rotatable bonds is 5. The fourth-order valence-electron chi connectivity index (χ4n) is 3.35. The number of aromatic nitrogens is 3. The van der Waals surface area contributed by atoms with Crippen LogP contribution in [0, 0.1) is 6.92 Å². The Balaban J connectivity index is 1.46. The summed E-state index contributed by atoms with van der Waals surface area (Å²) in [5.74, 6) is 2.12. The van der Waals surface area contributed by atoms with E-state index in [1.54, 1.807) is 0 Å². The van der Waals surface area contributed by atoms with Crippen LogP contribution >= 0.6 is 0 Å². The summed E-state index contributed by atoms with van der Waals surface area (Å²) in [5, 5.41) is 9.72. The minimum absolute atomic E-state index is 0.0614. The number of fused-ring (bicyclic) bond motifs is 1. The van der Waals surface area contributed by atoms with Crippen molar-refractivity contribution in [1.82, 2.24) is 25.4 Å². The van der Waals surface area contributed by atoms with E-state index in [4.69, 9.17) is 4.74 Å². The lowest BCUT2D eigenvalue weighted by Crippen LogP contribution is -2.38. The van der Waals surface area contributed by atoms with Crippen LogP contribution in [0.2, 0.25) is 0 Å². The van der Waals surface area contributed by atoms with Gasteiger partial charge in [0.25, 0.3) is 0 Å². The van der Waals surface area contributed by atoms with E-state index in [0.717, 1.165) is 22.7 Å². The molecule has 0 aliphatic carbocycles. The van der Waals surface area contributed by atoms with Crippen molar-refractivity contribution < 1.29 is 9.53 Å². The second kappa shape index (κ2) is 8.22. The SMILES string of the molecule is Cc1nc(CNC(=O)CN2Cc3ccccc3OC(c3ccccc3)C2)n[nH]1. The molecule has 4 rings (SSSR count). The number of benzene rings is 2. The van der Waals surface area contributed by atoms with E-state index >= 15 is 0 Å². The highest BCUT2D eigenvalue weighted by Gasteiger charge is 2.25. The average Bonchev–Trinajstić information content (AvgIpc) is 3.03. The Morgan fingerprint density at radius 3 is 2.79 bits per heavy atom. The lowest BCUT2D eigenvalue weighted by Gasteiger charge is -2.23. The number of hydrogen-bond acceptors (Lipinski definition) is 5. The molecular formula is C21H23N5O2. The molecule has 2 aromatic carbocycles. The molecule has 0 fully saturated rings. The molecule has 1 amide bonds. The predicted molar refractivity (Wildman–Crippen MR) is 104 cm³/mol. The van der Waals surface area contributed by atoms with E-state index < -0.39 is 0 Å². The van der Waals surface area contributed by atoms with Gasteiger partial charge in [-0.05, 0) is 18.6 Å². The van der Waals surface area contributed by atoms with Crippen LogP contribution in [0.15, 0.2) is 54.6 Å². The molecule has 1 aromatic heterocycles. The van der Waals surface area contributed by atoms with Crippen molar-refractivity contribution in [1.29, 1.82) is 0 Å². The zero-order valence-electron chi connectivity index (χ0n) is 15.8. The second-order valence-corrected chi connectivity index (χ2v) is 6.91. The van der Waals surface area contributed by atoms with Crippen LogP contribution in [-0.2, 0) is 17.9 Å². The van der Waals surface area contributed by atoms with Crippen LogP contribution in [0.25, 0.3) is 0 Å². The number of carbonyl (C=O) groups excluding carboxylic acids is 1. The number of nitrogens with zero attached hydrogens (tertiary/aromatic N) is 3. The topological polar surface area (TPSA) is 83.1 Å². The van der Waals surface area contributed by atoms with E-state index in [0.29, 0.717) is 25.5 Å². The first-order chi connectivity index (χ1) is 13.7. The molecular weight excluding hydrogens is 354 g/mol. The van der Waals surface area contributed by atoms with Crippen LogP contribution < -0.4 is 10.1 Å². The highest BCUT2D eigenvalue weighted by atomic mass is 16.5. The third-order valence-corrected chi connectivity index (χ3v) is 4.69. The maximum absolute atomic E-state index is 12.5. The maximum Gasteiger partial charge on any atom is 0.234 e. The van der Waals surface area contributed by atoms with Crippen molar-refractivity contribution in [3.8, 4) is 5.75 Å². The summed E-state index contributed by atoms with van der Waals surface area (Å²) in [4.78, 5) is 18.8. The van der Waals surface area contributed by atoms with Gasteiger partial charge in [0.05, 0.1) is 13.1 Å². The Labute approximate surface area is 163 Å². The molecule has 3 aromatic rings. The van der Waals surface area contributed by atoms with E-state index in [2.05, 4.69) is 37.5 Å². The number of hydrogen-bond donors (Lipinski definition) is 2. The van der Waals surface area contributed by atoms with E-state index in [9.17, 15) is 4.79 Å². The fraction of sp³-hybridized carbons (Fsp3) is 0.286. The first-order valence-corrected chi connectivity index (χ1v) is 9.34. The highest BCUT2D eigenvalue weighted by Crippen LogP contribution is 2.30. The van der Waals surface area contributed by atoms with Crippen molar-refractivity contribution in [3.05, 3.63) is 77.4 Å². The smallest absolute Gasteiger partial charge is 0.234 e. The lowest BCUT2D eigenvalue weighted by molar-refractivity contribution is -0.122. The number of H-pyrrole nitrogens is 1. The Morgan fingerprint density at radius 2 is 2.00 bits per heavy atom. The summed E-state index contributed by atoms with van der Waals surface area (Å²) in [5.41, 5.74) is 2.18. The fourth-order valence-corrected chi connectivity index (χ4v) is 3.35. The normalized spacial score (nSPS) is 16.7. The summed E-state index contributed by atoms with van der Waals surface area (Å²) in [7, 11) is 0. The largest absolute Gasteiger partial charge is 0.484 e. The standard InChI is InChI=1S/C21H23N5O2/c1-15-23-20(25-24-15)11-22-21(27)14-26-12-17-9-5-6-10-18(17)28-19(13-26)16-7-3-2-4-8-16/h2-10,19H,11-14H2,1H3,(H,22,27)(H,23,24,25). The Bertz CT molecular complexity index is 941. The van der Waals surface area contributed by atoms with Gasteiger partial charge in [-0.1, -0.05) is 48.5 Å². The number of amides is 1. The number of para-hydroxylation sites is 1. The molecule has 1 aliphatic rings. The molecule has 1 unspecified atom stereocenters. The summed E-state index contributed by atoms with van der Waals surface area (Å²) >= 11 is 0. The summed E-state index contributed by atoms with van der Waals surface area (Å²) in [6, 6.07) is 18.1. The third kappa shape index (κ3) is 4.37. The second-order valence-electron chi connectivity index (χ2n) is 6.91. The van der Waals surface area contributed by atoms with Gasteiger partial charge < -0.3 is 10.1 Å². The number of nitrogens with one attached hydrogen (secondary N) is 2. The summed E-state index contributed by atoms with van der Waals surface area (Å²) in [6.07, 6.45) is -0.131. The first-order valence-electron chi connectivity index (χ1n) is 9.34. The molecule has 144 valence electrons. The van der Waals surface area contributed by atoms with Crippen LogP contribution in [0.3, 0.4) is 0 Å². The van der Waals surface area contributed by atoms with Gasteiger partial charge in [0.1, 0.15) is 17.7 Å². The average molecular weight is 377 g/mol. The van der Waals surface area contributed by atoms with Crippen LogP contribution in [0.4, 0.5) is 0 Å². The Morgan fingerprint density at radius 1 is 1.21 bits per heavy atom. The molecule has 1 atom stereocenters. The molecule has 0 bridgehead atoms. The summed E-state index contributed by atoms with van der Waals surface area (Å²) in [6.45, 7) is 3.71. The lowest BCUT2D eigenvalue weighted by atomic mass is 10.1. The van der Waals surface area contributed by atoms with Gasteiger partial charge in [-0.25, -0.2) is 4.98 Å². The summed E-state index contributed by atoms with van der Waals surface area (Å²) < 4.78 is 6.29. The van der Waals surface area contributed by atoms with Crippen molar-refractivity contribution in [2.75, 3.05) is 13.1 Å². The zero-order chi connectivity index (χ0) is 19.3. The number of ether oxygens (including phenoxy) is 1. The van der Waals surface area contributed by atoms with Crippen molar-refractivity contribution in [2.45, 2.75) is 26.1 Å². The van der Waals surface area contributed by atoms with Gasteiger partial charge in [0.2, 0.25) is 5.91 Å². The molecule has 28 heavy (non-hydrogen) atoms. The third-order valence-electron chi connectivity index (χ3n) is 4.69. The first kappa shape index (κ1) is 18.2. The molecule has 2 N–H and O–H groups in total. The quantitative estimate of drug-likeness (QED) is 0.713. The minimum atomic E-state index is -0.131. The van der Waals surface area contributed by atoms with E-state index in [1.807, 2.05) is 49.4 Å². The Hall–Kier alpha value is -3.19. The molecule has 0 radical (unpaired) electrons. The van der Waals surface area contributed by atoms with Crippen molar-refractivity contribution in [3.63, 3.8) is 0 Å². The molecule has 0 saturated carbocycles. The molecule has 0 saturated heterocycles. The van der Waals surface area contributed by atoms with E-state index in [1.165, 1.54) is 0 Å². The molecule has 7 heteroatoms. The highest BCUT2D eigenvalue weighted by molar-refractivity contribution is 5.77. The van der Waals surface area contributed by atoms with Gasteiger partial charge in [-0.15, -0.1) is 0 Å². The zero-order valence-corrected chi connectivity index (χ0v) is 15.8. The monoisotopic (exact) mass is 377 g/mol. The van der Waals surface area contributed by atoms with E-state index in [-0.39, 0.29) is 18.6 Å².